The molecule has 0 aromatic carbocycles. The van der Waals surface area contributed by atoms with Crippen molar-refractivity contribution in [3.63, 3.8) is 0 Å². The summed E-state index contributed by atoms with van der Waals surface area (Å²) in [6.07, 6.45) is 1.67. The van der Waals surface area contributed by atoms with Gasteiger partial charge < -0.3 is 10.1 Å². The molecule has 6 heteroatoms. The van der Waals surface area contributed by atoms with Gasteiger partial charge in [-0.3, -0.25) is 14.5 Å². The SMILES string of the molecule is COC(=O)[C@H]1CCCN(CC(=O)NC(C)(C#N)C(C)C)C1. The van der Waals surface area contributed by atoms with E-state index in [-0.39, 0.29) is 30.3 Å². The van der Waals surface area contributed by atoms with Crippen LogP contribution in [0.25, 0.3) is 0 Å². The number of nitrogens with one attached hydrogen (secondary N) is 1. The van der Waals surface area contributed by atoms with Crippen molar-refractivity contribution < 1.29 is 14.3 Å². The molecule has 1 aliphatic heterocycles. The van der Waals surface area contributed by atoms with Crippen LogP contribution in [0.2, 0.25) is 0 Å². The lowest BCUT2D eigenvalue weighted by Crippen LogP contribution is -2.53. The lowest BCUT2D eigenvalue weighted by molar-refractivity contribution is -0.147. The molecule has 0 spiro atoms. The summed E-state index contributed by atoms with van der Waals surface area (Å²) in [5.74, 6) is -0.540. The molecule has 1 N–H and O–H groups in total. The Balaban J connectivity index is 2.55. The van der Waals surface area contributed by atoms with E-state index in [2.05, 4.69) is 11.4 Å². The maximum Gasteiger partial charge on any atom is 0.309 e. The molecular formula is C15H25N3O3. The fraction of sp³-hybridized carbons (Fsp3) is 0.800. The van der Waals surface area contributed by atoms with Crippen molar-refractivity contribution in [3.05, 3.63) is 0 Å². The number of carbonyl (C=O) groups excluding carboxylic acids is 2. The molecule has 2 atom stereocenters. The summed E-state index contributed by atoms with van der Waals surface area (Å²) in [5, 5.41) is 12.0. The van der Waals surface area contributed by atoms with Crippen LogP contribution in [0.3, 0.4) is 0 Å². The monoisotopic (exact) mass is 295 g/mol. The fourth-order valence-electron chi connectivity index (χ4n) is 2.39. The molecule has 118 valence electrons. The highest BCUT2D eigenvalue weighted by Gasteiger charge is 2.32. The van der Waals surface area contributed by atoms with E-state index >= 15 is 0 Å². The molecule has 1 rings (SSSR count). The molecule has 0 aromatic heterocycles. The Morgan fingerprint density at radius 2 is 2.19 bits per heavy atom. The first-order valence-electron chi connectivity index (χ1n) is 7.35. The maximum absolute atomic E-state index is 12.1. The Morgan fingerprint density at radius 3 is 2.71 bits per heavy atom. The van der Waals surface area contributed by atoms with Crippen LogP contribution in [0.4, 0.5) is 0 Å². The number of amides is 1. The van der Waals surface area contributed by atoms with E-state index in [1.54, 1.807) is 6.92 Å². The fourth-order valence-corrected chi connectivity index (χ4v) is 2.39. The Morgan fingerprint density at radius 1 is 1.52 bits per heavy atom. The van der Waals surface area contributed by atoms with E-state index in [4.69, 9.17) is 4.74 Å². The number of methoxy groups -OCH3 is 1. The summed E-state index contributed by atoms with van der Waals surface area (Å²) in [6.45, 7) is 7.05. The van der Waals surface area contributed by atoms with Gasteiger partial charge in [0.2, 0.25) is 5.91 Å². The van der Waals surface area contributed by atoms with Crippen molar-refractivity contribution in [1.29, 1.82) is 5.26 Å². The van der Waals surface area contributed by atoms with Gasteiger partial charge >= 0.3 is 5.97 Å². The van der Waals surface area contributed by atoms with E-state index in [0.717, 1.165) is 19.4 Å². The Hall–Kier alpha value is -1.61. The van der Waals surface area contributed by atoms with Crippen molar-refractivity contribution in [3.8, 4) is 6.07 Å². The minimum atomic E-state index is -0.866. The first-order valence-corrected chi connectivity index (χ1v) is 7.35. The molecule has 0 radical (unpaired) electrons. The number of nitrogens with zero attached hydrogens (tertiary/aromatic N) is 2. The average Bonchev–Trinajstić information content (AvgIpc) is 2.46. The number of hydrogen-bond donors (Lipinski definition) is 1. The van der Waals surface area contributed by atoms with Crippen LogP contribution in [0.5, 0.6) is 0 Å². The van der Waals surface area contributed by atoms with Crippen LogP contribution in [0, 0.1) is 23.2 Å². The van der Waals surface area contributed by atoms with Crippen molar-refractivity contribution in [2.45, 2.75) is 39.2 Å². The molecule has 0 saturated carbocycles. The minimum absolute atomic E-state index is 0.0237. The van der Waals surface area contributed by atoms with Gasteiger partial charge in [-0.05, 0) is 32.2 Å². The zero-order valence-corrected chi connectivity index (χ0v) is 13.3. The Bertz CT molecular complexity index is 430. The molecule has 1 aliphatic rings. The second-order valence-corrected chi connectivity index (χ2v) is 6.11. The van der Waals surface area contributed by atoms with Crippen molar-refractivity contribution in [2.24, 2.45) is 11.8 Å². The lowest BCUT2D eigenvalue weighted by Gasteiger charge is -2.32. The smallest absolute Gasteiger partial charge is 0.309 e. The quantitative estimate of drug-likeness (QED) is 0.763. The number of esters is 1. The minimum Gasteiger partial charge on any atom is -0.469 e. The standard InChI is InChI=1S/C15H25N3O3/c1-11(2)15(3,10-16)17-13(19)9-18-7-5-6-12(8-18)14(20)21-4/h11-12H,5-9H2,1-4H3,(H,17,19)/t12-,15?/m0/s1. The number of carbonyl (C=O) groups is 2. The normalized spacial score (nSPS) is 22.2. The van der Waals surface area contributed by atoms with Gasteiger partial charge in [0, 0.05) is 6.54 Å². The summed E-state index contributed by atoms with van der Waals surface area (Å²) in [4.78, 5) is 25.6. The number of ether oxygens (including phenoxy) is 1. The van der Waals surface area contributed by atoms with E-state index in [1.807, 2.05) is 18.7 Å². The van der Waals surface area contributed by atoms with Gasteiger partial charge in [0.25, 0.3) is 0 Å². The highest BCUT2D eigenvalue weighted by molar-refractivity contribution is 5.79. The van der Waals surface area contributed by atoms with Gasteiger partial charge in [0.15, 0.2) is 0 Å². The predicted octanol–water partition coefficient (Wildman–Crippen LogP) is 0.926. The maximum atomic E-state index is 12.1. The van der Waals surface area contributed by atoms with Gasteiger partial charge in [-0.25, -0.2) is 0 Å². The highest BCUT2D eigenvalue weighted by atomic mass is 16.5. The number of nitriles is 1. The van der Waals surface area contributed by atoms with Crippen LogP contribution < -0.4 is 5.32 Å². The molecule has 0 aromatic rings. The van der Waals surface area contributed by atoms with E-state index < -0.39 is 5.54 Å². The second-order valence-electron chi connectivity index (χ2n) is 6.11. The molecule has 1 fully saturated rings. The van der Waals surface area contributed by atoms with Gasteiger partial charge in [-0.2, -0.15) is 5.26 Å². The lowest BCUT2D eigenvalue weighted by atomic mass is 9.90. The van der Waals surface area contributed by atoms with Crippen LogP contribution in [0.1, 0.15) is 33.6 Å². The number of likely N-dealkylation sites (tertiary alicyclic amines) is 1. The number of piperidine rings is 1. The zero-order chi connectivity index (χ0) is 16.0. The average molecular weight is 295 g/mol. The van der Waals surface area contributed by atoms with Crippen LogP contribution in [-0.4, -0.2) is 49.1 Å². The van der Waals surface area contributed by atoms with Crippen molar-refractivity contribution in [1.82, 2.24) is 10.2 Å². The predicted molar refractivity (Wildman–Crippen MR) is 78.2 cm³/mol. The summed E-state index contributed by atoms with van der Waals surface area (Å²) in [5.41, 5.74) is -0.866. The van der Waals surface area contributed by atoms with E-state index in [9.17, 15) is 14.9 Å². The molecule has 1 saturated heterocycles. The van der Waals surface area contributed by atoms with Crippen molar-refractivity contribution in [2.75, 3.05) is 26.7 Å². The topological polar surface area (TPSA) is 82.4 Å². The molecule has 1 amide bonds. The molecule has 21 heavy (non-hydrogen) atoms. The summed E-state index contributed by atoms with van der Waals surface area (Å²) in [6, 6.07) is 2.16. The molecule has 0 aliphatic carbocycles. The molecule has 1 unspecified atom stereocenters. The number of hydrogen-bond acceptors (Lipinski definition) is 5. The Kier molecular flexibility index (Phi) is 6.16. The molecule has 0 bridgehead atoms. The van der Waals surface area contributed by atoms with E-state index in [0.29, 0.717) is 6.54 Å². The van der Waals surface area contributed by atoms with Gasteiger partial charge in [0.05, 0.1) is 25.6 Å². The number of rotatable bonds is 5. The third-order valence-electron chi connectivity index (χ3n) is 4.19. The summed E-state index contributed by atoms with van der Waals surface area (Å²) < 4.78 is 4.76. The summed E-state index contributed by atoms with van der Waals surface area (Å²) in [7, 11) is 1.38. The second kappa shape index (κ2) is 7.41. The first kappa shape index (κ1) is 17.4. The van der Waals surface area contributed by atoms with Gasteiger partial charge in [0.1, 0.15) is 5.54 Å². The summed E-state index contributed by atoms with van der Waals surface area (Å²) >= 11 is 0. The zero-order valence-electron chi connectivity index (χ0n) is 13.3. The van der Waals surface area contributed by atoms with Gasteiger partial charge in [-0.1, -0.05) is 13.8 Å². The van der Waals surface area contributed by atoms with Crippen molar-refractivity contribution >= 4 is 11.9 Å². The largest absolute Gasteiger partial charge is 0.469 e. The molecular weight excluding hydrogens is 270 g/mol. The van der Waals surface area contributed by atoms with Crippen LogP contribution >= 0.6 is 0 Å². The molecule has 6 nitrogen and oxygen atoms in total. The third-order valence-corrected chi connectivity index (χ3v) is 4.19. The first-order chi connectivity index (χ1) is 9.82. The van der Waals surface area contributed by atoms with Crippen LogP contribution in [-0.2, 0) is 14.3 Å². The molecule has 1 heterocycles. The van der Waals surface area contributed by atoms with Gasteiger partial charge in [-0.15, -0.1) is 0 Å². The highest BCUT2D eigenvalue weighted by Crippen LogP contribution is 2.18. The van der Waals surface area contributed by atoms with Crippen LogP contribution in [0.15, 0.2) is 0 Å². The van der Waals surface area contributed by atoms with E-state index in [1.165, 1.54) is 7.11 Å². The third kappa shape index (κ3) is 4.71. The Labute approximate surface area is 126 Å².